The van der Waals surface area contributed by atoms with E-state index in [0.29, 0.717) is 16.3 Å². The highest BCUT2D eigenvalue weighted by Crippen LogP contribution is 2.26. The Morgan fingerprint density at radius 1 is 1.21 bits per heavy atom. The van der Waals surface area contributed by atoms with E-state index in [1.165, 1.54) is 24.6 Å². The number of amides is 1. The largest absolute Gasteiger partial charge is 0.488 e. The summed E-state index contributed by atoms with van der Waals surface area (Å²) in [6, 6.07) is 13.1. The Morgan fingerprint density at radius 2 is 1.93 bits per heavy atom. The zero-order valence-electron chi connectivity index (χ0n) is 16.0. The quantitative estimate of drug-likeness (QED) is 0.509. The predicted octanol–water partition coefficient (Wildman–Crippen LogP) is 5.41. The molecule has 0 atom stereocenters. The second-order valence-corrected chi connectivity index (χ2v) is 7.51. The van der Waals surface area contributed by atoms with E-state index in [4.69, 9.17) is 16.3 Å². The number of nitriles is 1. The highest BCUT2D eigenvalue weighted by Gasteiger charge is 2.18. The van der Waals surface area contributed by atoms with Gasteiger partial charge in [0.15, 0.2) is 0 Å². The minimum absolute atomic E-state index is 0.00414. The number of hydrogen-bond donors (Lipinski definition) is 1. The molecule has 0 spiro atoms. The normalized spacial score (nSPS) is 14.9. The van der Waals surface area contributed by atoms with Crippen LogP contribution in [0.3, 0.4) is 0 Å². The van der Waals surface area contributed by atoms with Crippen LogP contribution in [0.25, 0.3) is 6.08 Å². The number of ether oxygens (including phenoxy) is 1. The lowest BCUT2D eigenvalue weighted by Crippen LogP contribution is -2.36. The third-order valence-electron chi connectivity index (χ3n) is 4.88. The maximum Gasteiger partial charge on any atom is 0.262 e. The molecule has 0 unspecified atom stereocenters. The van der Waals surface area contributed by atoms with Crippen molar-refractivity contribution >= 4 is 23.6 Å². The van der Waals surface area contributed by atoms with Crippen molar-refractivity contribution < 1.29 is 13.9 Å². The minimum atomic E-state index is -0.385. The summed E-state index contributed by atoms with van der Waals surface area (Å²) in [6.45, 7) is 0.221. The molecule has 6 heteroatoms. The number of rotatable bonds is 6. The summed E-state index contributed by atoms with van der Waals surface area (Å²) < 4.78 is 18.9. The van der Waals surface area contributed by atoms with Crippen molar-refractivity contribution in [3.8, 4) is 11.8 Å². The lowest BCUT2D eigenvalue weighted by atomic mass is 9.95. The number of carbonyl (C=O) groups excluding carboxylic acids is 1. The Bertz CT molecular complexity index is 929. The van der Waals surface area contributed by atoms with Gasteiger partial charge in [0.05, 0.1) is 0 Å². The molecule has 0 heterocycles. The molecule has 0 bridgehead atoms. The monoisotopic (exact) mass is 412 g/mol. The first kappa shape index (κ1) is 20.9. The second-order valence-electron chi connectivity index (χ2n) is 7.08. The summed E-state index contributed by atoms with van der Waals surface area (Å²) in [5, 5.41) is 12.9. The van der Waals surface area contributed by atoms with Gasteiger partial charge in [0.2, 0.25) is 0 Å². The van der Waals surface area contributed by atoms with Crippen molar-refractivity contribution in [2.45, 2.75) is 44.8 Å². The fourth-order valence-electron chi connectivity index (χ4n) is 3.32. The van der Waals surface area contributed by atoms with E-state index >= 15 is 0 Å². The van der Waals surface area contributed by atoms with Crippen LogP contribution in [-0.2, 0) is 11.4 Å². The predicted molar refractivity (Wildman–Crippen MR) is 111 cm³/mol. The maximum absolute atomic E-state index is 13.1. The minimum Gasteiger partial charge on any atom is -0.488 e. The van der Waals surface area contributed by atoms with Crippen molar-refractivity contribution in [1.82, 2.24) is 5.32 Å². The van der Waals surface area contributed by atoms with Gasteiger partial charge in [-0.15, -0.1) is 0 Å². The van der Waals surface area contributed by atoms with Crippen LogP contribution >= 0.6 is 11.6 Å². The van der Waals surface area contributed by atoms with Gasteiger partial charge in [-0.05, 0) is 54.8 Å². The third kappa shape index (κ3) is 6.07. The van der Waals surface area contributed by atoms with Crippen LogP contribution in [0.4, 0.5) is 4.39 Å². The summed E-state index contributed by atoms with van der Waals surface area (Å²) in [6.07, 6.45) is 6.73. The zero-order chi connectivity index (χ0) is 20.6. The summed E-state index contributed by atoms with van der Waals surface area (Å²) in [5.41, 5.74) is 1.34. The Kier molecular flexibility index (Phi) is 7.26. The Balaban J connectivity index is 1.76. The van der Waals surface area contributed by atoms with Crippen LogP contribution in [0, 0.1) is 17.1 Å². The number of benzene rings is 2. The maximum atomic E-state index is 13.1. The highest BCUT2D eigenvalue weighted by atomic mass is 35.5. The molecule has 4 nitrogen and oxygen atoms in total. The topological polar surface area (TPSA) is 62.1 Å². The zero-order valence-corrected chi connectivity index (χ0v) is 16.7. The molecule has 150 valence electrons. The van der Waals surface area contributed by atoms with Crippen molar-refractivity contribution in [2.75, 3.05) is 0 Å². The summed E-state index contributed by atoms with van der Waals surface area (Å²) in [5.74, 6) is -0.215. The SMILES string of the molecule is N#C/C(=C\c1cc(Cl)ccc1OCc1ccc(F)cc1)C(=O)NC1CCCCC1. The lowest BCUT2D eigenvalue weighted by molar-refractivity contribution is -0.117. The smallest absolute Gasteiger partial charge is 0.262 e. The molecular weight excluding hydrogens is 391 g/mol. The number of nitrogens with zero attached hydrogens (tertiary/aromatic N) is 1. The van der Waals surface area contributed by atoms with Gasteiger partial charge in [-0.3, -0.25) is 4.79 Å². The first-order chi connectivity index (χ1) is 14.0. The second kappa shape index (κ2) is 10.1. The fraction of sp³-hybridized carbons (Fsp3) is 0.304. The molecule has 1 N–H and O–H groups in total. The average molecular weight is 413 g/mol. The van der Waals surface area contributed by atoms with E-state index in [2.05, 4.69) is 5.32 Å². The van der Waals surface area contributed by atoms with Crippen molar-refractivity contribution in [1.29, 1.82) is 5.26 Å². The molecule has 3 rings (SSSR count). The Morgan fingerprint density at radius 3 is 2.62 bits per heavy atom. The number of halogens is 2. The van der Waals surface area contributed by atoms with E-state index in [9.17, 15) is 14.4 Å². The van der Waals surface area contributed by atoms with Gasteiger partial charge in [0.1, 0.15) is 29.8 Å². The molecule has 1 saturated carbocycles. The van der Waals surface area contributed by atoms with Gasteiger partial charge >= 0.3 is 0 Å². The van der Waals surface area contributed by atoms with E-state index in [1.807, 2.05) is 6.07 Å². The Hall–Kier alpha value is -2.84. The molecule has 2 aromatic carbocycles. The van der Waals surface area contributed by atoms with Gasteiger partial charge < -0.3 is 10.1 Å². The molecule has 1 aliphatic carbocycles. The molecule has 0 saturated heterocycles. The first-order valence-corrected chi connectivity index (χ1v) is 10.0. The van der Waals surface area contributed by atoms with Gasteiger partial charge in [-0.2, -0.15) is 5.26 Å². The Labute approximate surface area is 174 Å². The van der Waals surface area contributed by atoms with Gasteiger partial charge in [0.25, 0.3) is 5.91 Å². The van der Waals surface area contributed by atoms with Crippen LogP contribution in [0.15, 0.2) is 48.0 Å². The molecule has 29 heavy (non-hydrogen) atoms. The van der Waals surface area contributed by atoms with Crippen LogP contribution in [0.2, 0.25) is 5.02 Å². The van der Waals surface area contributed by atoms with E-state index in [-0.39, 0.29) is 29.9 Å². The standard InChI is InChI=1S/C23H22ClFN2O2/c24-19-8-11-22(29-15-16-6-9-20(25)10-7-16)17(13-19)12-18(14-26)23(28)27-21-4-2-1-3-5-21/h6-13,21H,1-5,15H2,(H,27,28)/b18-12+. The highest BCUT2D eigenvalue weighted by molar-refractivity contribution is 6.30. The molecule has 1 amide bonds. The number of hydrogen-bond acceptors (Lipinski definition) is 3. The van der Waals surface area contributed by atoms with Crippen LogP contribution in [0.5, 0.6) is 5.75 Å². The van der Waals surface area contributed by atoms with Crippen molar-refractivity contribution in [3.05, 3.63) is 70.0 Å². The third-order valence-corrected chi connectivity index (χ3v) is 5.12. The van der Waals surface area contributed by atoms with Gasteiger partial charge in [0, 0.05) is 16.6 Å². The summed E-state index contributed by atoms with van der Waals surface area (Å²) in [4.78, 5) is 12.5. The summed E-state index contributed by atoms with van der Waals surface area (Å²) in [7, 11) is 0. The molecule has 0 aliphatic heterocycles. The number of nitrogens with one attached hydrogen (secondary N) is 1. The first-order valence-electron chi connectivity index (χ1n) is 9.64. The average Bonchev–Trinajstić information content (AvgIpc) is 2.73. The lowest BCUT2D eigenvalue weighted by Gasteiger charge is -2.22. The van der Waals surface area contributed by atoms with Gasteiger partial charge in [-0.1, -0.05) is 43.0 Å². The van der Waals surface area contributed by atoms with Gasteiger partial charge in [-0.25, -0.2) is 4.39 Å². The van der Waals surface area contributed by atoms with Crippen LogP contribution in [0.1, 0.15) is 43.2 Å². The number of carbonyl (C=O) groups is 1. The molecule has 2 aromatic rings. The summed E-state index contributed by atoms with van der Waals surface area (Å²) >= 11 is 6.10. The van der Waals surface area contributed by atoms with E-state index < -0.39 is 0 Å². The van der Waals surface area contributed by atoms with Crippen molar-refractivity contribution in [3.63, 3.8) is 0 Å². The molecular formula is C23H22ClFN2O2. The molecule has 1 fully saturated rings. The van der Waals surface area contributed by atoms with Crippen LogP contribution in [-0.4, -0.2) is 11.9 Å². The fourth-order valence-corrected chi connectivity index (χ4v) is 3.50. The van der Waals surface area contributed by atoms with Crippen LogP contribution < -0.4 is 10.1 Å². The molecule has 0 aromatic heterocycles. The van der Waals surface area contributed by atoms with E-state index in [1.54, 1.807) is 30.3 Å². The molecule has 0 radical (unpaired) electrons. The van der Waals surface area contributed by atoms with Crippen molar-refractivity contribution in [2.24, 2.45) is 0 Å². The van der Waals surface area contributed by atoms with E-state index in [0.717, 1.165) is 31.2 Å². The molecule has 1 aliphatic rings.